The summed E-state index contributed by atoms with van der Waals surface area (Å²) in [6, 6.07) is 4.10. The van der Waals surface area contributed by atoms with Gasteiger partial charge in [-0.1, -0.05) is 12.0 Å². The lowest BCUT2D eigenvalue weighted by Crippen LogP contribution is -1.95. The average Bonchev–Trinajstić information content (AvgIpc) is 2.84. The lowest BCUT2D eigenvalue weighted by Gasteiger charge is -2.00. The Labute approximate surface area is 87.2 Å². The molecule has 14 heavy (non-hydrogen) atoms. The van der Waals surface area contributed by atoms with Gasteiger partial charge < -0.3 is 4.57 Å². The van der Waals surface area contributed by atoms with Crippen molar-refractivity contribution in [3.8, 4) is 22.5 Å². The van der Waals surface area contributed by atoms with Gasteiger partial charge in [-0.2, -0.15) is 0 Å². The molecule has 0 unspecified atom stereocenters. The van der Waals surface area contributed by atoms with Gasteiger partial charge in [0.25, 0.3) is 0 Å². The highest BCUT2D eigenvalue weighted by Crippen LogP contribution is 2.22. The monoisotopic (exact) mass is 202 g/mol. The molecule has 0 spiro atoms. The molecule has 0 atom stereocenters. The molecule has 2 aromatic rings. The lowest BCUT2D eigenvalue weighted by molar-refractivity contribution is 0.852. The van der Waals surface area contributed by atoms with Gasteiger partial charge in [-0.25, -0.2) is 4.98 Å². The molecule has 2 aromatic heterocycles. The Balaban J connectivity index is 2.33. The Kier molecular flexibility index (Phi) is 2.66. The van der Waals surface area contributed by atoms with Gasteiger partial charge in [0.1, 0.15) is 0 Å². The molecule has 0 amide bonds. The van der Waals surface area contributed by atoms with Crippen LogP contribution in [0.1, 0.15) is 6.92 Å². The molecule has 2 heterocycles. The highest BCUT2D eigenvalue weighted by molar-refractivity contribution is 7.13. The minimum atomic E-state index is 0.712. The molecule has 0 aliphatic carbocycles. The topological polar surface area (TPSA) is 17.8 Å². The van der Waals surface area contributed by atoms with Crippen molar-refractivity contribution in [1.82, 2.24) is 9.55 Å². The summed E-state index contributed by atoms with van der Waals surface area (Å²) in [5.74, 6) is 6.92. The van der Waals surface area contributed by atoms with Gasteiger partial charge in [0.05, 0.1) is 11.4 Å². The van der Waals surface area contributed by atoms with Gasteiger partial charge in [0.15, 0.2) is 5.82 Å². The van der Waals surface area contributed by atoms with E-state index in [-0.39, 0.29) is 0 Å². The van der Waals surface area contributed by atoms with E-state index in [0.717, 1.165) is 5.82 Å². The molecule has 2 nitrogen and oxygen atoms in total. The Morgan fingerprint density at radius 3 is 3.21 bits per heavy atom. The fraction of sp³-hybridized carbons (Fsp3) is 0.182. The quantitative estimate of drug-likeness (QED) is 0.684. The van der Waals surface area contributed by atoms with Gasteiger partial charge in [0.2, 0.25) is 0 Å². The zero-order chi connectivity index (χ0) is 9.80. The maximum absolute atomic E-state index is 4.32. The number of hydrogen-bond donors (Lipinski definition) is 0. The summed E-state index contributed by atoms with van der Waals surface area (Å²) in [5.41, 5.74) is 0. The van der Waals surface area contributed by atoms with Crippen LogP contribution in [0.5, 0.6) is 0 Å². The average molecular weight is 202 g/mol. The highest BCUT2D eigenvalue weighted by atomic mass is 32.1. The van der Waals surface area contributed by atoms with Crippen molar-refractivity contribution < 1.29 is 0 Å². The Morgan fingerprint density at radius 2 is 2.50 bits per heavy atom. The number of rotatable bonds is 2. The van der Waals surface area contributed by atoms with Crippen LogP contribution in [0.3, 0.4) is 0 Å². The number of imidazole rings is 1. The molecular formula is C11H10N2S. The molecule has 0 saturated heterocycles. The summed E-state index contributed by atoms with van der Waals surface area (Å²) in [6.45, 7) is 2.56. The molecule has 0 aliphatic rings. The molecule has 0 radical (unpaired) electrons. The van der Waals surface area contributed by atoms with Crippen LogP contribution in [-0.2, 0) is 6.54 Å². The van der Waals surface area contributed by atoms with Crippen LogP contribution in [0, 0.1) is 11.8 Å². The molecule has 3 heteroatoms. The van der Waals surface area contributed by atoms with Gasteiger partial charge in [-0.3, -0.25) is 0 Å². The van der Waals surface area contributed by atoms with E-state index in [1.54, 1.807) is 11.3 Å². The zero-order valence-electron chi connectivity index (χ0n) is 7.90. The zero-order valence-corrected chi connectivity index (χ0v) is 8.71. The summed E-state index contributed by atoms with van der Waals surface area (Å²) in [5, 5.41) is 2.06. The minimum absolute atomic E-state index is 0.712. The van der Waals surface area contributed by atoms with Crippen LogP contribution in [0.15, 0.2) is 29.9 Å². The van der Waals surface area contributed by atoms with E-state index in [9.17, 15) is 0 Å². The van der Waals surface area contributed by atoms with E-state index < -0.39 is 0 Å². The minimum Gasteiger partial charge on any atom is -0.319 e. The predicted molar refractivity (Wildman–Crippen MR) is 59.0 cm³/mol. The van der Waals surface area contributed by atoms with Crippen molar-refractivity contribution in [1.29, 1.82) is 0 Å². The fourth-order valence-electron chi connectivity index (χ4n) is 1.23. The van der Waals surface area contributed by atoms with Crippen molar-refractivity contribution in [2.45, 2.75) is 13.5 Å². The van der Waals surface area contributed by atoms with Gasteiger partial charge in [0, 0.05) is 12.4 Å². The van der Waals surface area contributed by atoms with Crippen LogP contribution in [-0.4, -0.2) is 9.55 Å². The molecule has 2 rings (SSSR count). The third-order valence-corrected chi connectivity index (χ3v) is 2.75. The molecule has 0 aromatic carbocycles. The molecule has 0 fully saturated rings. The number of nitrogens with zero attached hydrogens (tertiary/aromatic N) is 2. The number of aromatic nitrogens is 2. The van der Waals surface area contributed by atoms with Crippen LogP contribution < -0.4 is 0 Å². The van der Waals surface area contributed by atoms with Crippen LogP contribution in [0.4, 0.5) is 0 Å². The van der Waals surface area contributed by atoms with E-state index in [4.69, 9.17) is 0 Å². The number of thiophene rings is 1. The summed E-state index contributed by atoms with van der Waals surface area (Å²) >= 11 is 1.70. The maximum Gasteiger partial charge on any atom is 0.150 e. The van der Waals surface area contributed by atoms with E-state index in [1.807, 2.05) is 25.4 Å². The van der Waals surface area contributed by atoms with Crippen LogP contribution in [0.25, 0.3) is 10.7 Å². The van der Waals surface area contributed by atoms with Gasteiger partial charge in [-0.05, 0) is 18.4 Å². The van der Waals surface area contributed by atoms with Gasteiger partial charge >= 0.3 is 0 Å². The summed E-state index contributed by atoms with van der Waals surface area (Å²) in [4.78, 5) is 5.51. The van der Waals surface area contributed by atoms with Crippen molar-refractivity contribution in [2.24, 2.45) is 0 Å². The predicted octanol–water partition coefficient (Wildman–Crippen LogP) is 2.63. The van der Waals surface area contributed by atoms with E-state index in [2.05, 4.69) is 32.8 Å². The first kappa shape index (κ1) is 9.04. The summed E-state index contributed by atoms with van der Waals surface area (Å²) in [6.07, 6.45) is 3.77. The van der Waals surface area contributed by atoms with E-state index in [0.29, 0.717) is 6.54 Å². The first-order valence-corrected chi connectivity index (χ1v) is 5.24. The first-order chi connectivity index (χ1) is 6.92. The van der Waals surface area contributed by atoms with Crippen LogP contribution >= 0.6 is 11.3 Å². The summed E-state index contributed by atoms with van der Waals surface area (Å²) in [7, 11) is 0. The number of hydrogen-bond acceptors (Lipinski definition) is 2. The van der Waals surface area contributed by atoms with Crippen molar-refractivity contribution in [3.63, 3.8) is 0 Å². The largest absolute Gasteiger partial charge is 0.319 e. The first-order valence-electron chi connectivity index (χ1n) is 4.36. The second kappa shape index (κ2) is 4.12. The van der Waals surface area contributed by atoms with Crippen molar-refractivity contribution in [3.05, 3.63) is 29.9 Å². The maximum atomic E-state index is 4.32. The Hall–Kier alpha value is -1.53. The van der Waals surface area contributed by atoms with Gasteiger partial charge in [-0.15, -0.1) is 17.3 Å². The molecule has 0 aliphatic heterocycles. The van der Waals surface area contributed by atoms with Crippen molar-refractivity contribution in [2.75, 3.05) is 0 Å². The summed E-state index contributed by atoms with van der Waals surface area (Å²) < 4.78 is 2.06. The molecule has 0 saturated carbocycles. The SMILES string of the molecule is CC#CCn1ccnc1-c1cccs1. The van der Waals surface area contributed by atoms with E-state index in [1.165, 1.54) is 4.88 Å². The fourth-order valence-corrected chi connectivity index (χ4v) is 1.97. The highest BCUT2D eigenvalue weighted by Gasteiger charge is 2.04. The Bertz CT molecular complexity index is 457. The van der Waals surface area contributed by atoms with E-state index >= 15 is 0 Å². The Morgan fingerprint density at radius 1 is 1.57 bits per heavy atom. The second-order valence-corrected chi connectivity index (χ2v) is 3.73. The van der Waals surface area contributed by atoms with Crippen LogP contribution in [0.2, 0.25) is 0 Å². The molecule has 0 bridgehead atoms. The lowest BCUT2D eigenvalue weighted by atomic mass is 10.4. The third kappa shape index (κ3) is 1.70. The molecule has 70 valence electrons. The third-order valence-electron chi connectivity index (χ3n) is 1.88. The second-order valence-electron chi connectivity index (χ2n) is 2.78. The van der Waals surface area contributed by atoms with Crippen molar-refractivity contribution >= 4 is 11.3 Å². The normalized spacial score (nSPS) is 9.50. The molecule has 0 N–H and O–H groups in total. The standard InChI is InChI=1S/C11H10N2S/c1-2-3-7-13-8-6-12-11(13)10-5-4-9-14-10/h4-6,8-9H,7H2,1H3. The smallest absolute Gasteiger partial charge is 0.150 e. The molecular weight excluding hydrogens is 192 g/mol.